The summed E-state index contributed by atoms with van der Waals surface area (Å²) in [6.07, 6.45) is 10.8. The maximum absolute atomic E-state index is 11.8. The second-order valence-electron chi connectivity index (χ2n) is 5.42. The molecule has 0 aliphatic carbocycles. The van der Waals surface area contributed by atoms with Crippen LogP contribution in [0.2, 0.25) is 0 Å². The Labute approximate surface area is 159 Å². The molecule has 0 bridgehead atoms. The van der Waals surface area contributed by atoms with Crippen molar-refractivity contribution in [3.05, 3.63) is 30.3 Å². The smallest absolute Gasteiger partial charge is 1.00 e. The minimum absolute atomic E-state index is 0. The monoisotopic (exact) mass is 336 g/mol. The average molecular weight is 336 g/mol. The normalized spacial score (nSPS) is 11.1. The molecule has 22 heavy (non-hydrogen) atoms. The maximum Gasteiger partial charge on any atom is 1.00 e. The Morgan fingerprint density at radius 1 is 0.864 bits per heavy atom. The average Bonchev–Trinajstić information content (AvgIpc) is 2.50. The van der Waals surface area contributed by atoms with E-state index >= 15 is 0 Å². The molecule has 1 rings (SSSR count). The van der Waals surface area contributed by atoms with Gasteiger partial charge in [0.2, 0.25) is 0 Å². The molecule has 0 atom stereocenters. The van der Waals surface area contributed by atoms with Gasteiger partial charge in [0, 0.05) is 0 Å². The zero-order valence-electron chi connectivity index (χ0n) is 15.1. The molecule has 3 nitrogen and oxygen atoms in total. The predicted octanol–water partition coefficient (Wildman–Crippen LogP) is 2.04. The molecule has 0 aliphatic heterocycles. The van der Waals surface area contributed by atoms with Crippen LogP contribution in [0.1, 0.15) is 66.1 Å². The van der Waals surface area contributed by atoms with E-state index in [9.17, 15) is 8.42 Å². The van der Waals surface area contributed by atoms with Crippen LogP contribution in [0.25, 0.3) is 0 Å². The summed E-state index contributed by atoms with van der Waals surface area (Å²) in [6, 6.07) is 8.32. The third-order valence-corrected chi connectivity index (χ3v) is 4.84. The number of unbranched alkanes of at least 4 members (excludes halogenated alkanes) is 8. The Morgan fingerprint density at radius 3 is 1.91 bits per heavy atom. The SMILES string of the molecule is CCCCCCCCCCCOS(=O)(=O)c1ccccc1.[H-].[Na+]. The molecule has 0 aliphatic rings. The fourth-order valence-corrected chi connectivity index (χ4v) is 3.20. The van der Waals surface area contributed by atoms with Gasteiger partial charge in [-0.05, 0) is 18.6 Å². The number of benzene rings is 1. The van der Waals surface area contributed by atoms with Crippen LogP contribution in [-0.4, -0.2) is 15.0 Å². The van der Waals surface area contributed by atoms with Gasteiger partial charge in [-0.15, -0.1) is 0 Å². The van der Waals surface area contributed by atoms with E-state index in [4.69, 9.17) is 4.18 Å². The van der Waals surface area contributed by atoms with Crippen molar-refractivity contribution >= 4 is 10.1 Å². The molecule has 0 heterocycles. The van der Waals surface area contributed by atoms with E-state index in [1.54, 1.807) is 30.3 Å². The van der Waals surface area contributed by atoms with Crippen molar-refractivity contribution in [1.82, 2.24) is 0 Å². The summed E-state index contributed by atoms with van der Waals surface area (Å²) < 4.78 is 28.7. The van der Waals surface area contributed by atoms with E-state index in [0.29, 0.717) is 0 Å². The van der Waals surface area contributed by atoms with Crippen LogP contribution in [0.15, 0.2) is 35.2 Å². The molecule has 122 valence electrons. The van der Waals surface area contributed by atoms with Crippen molar-refractivity contribution in [3.8, 4) is 0 Å². The molecule has 0 saturated heterocycles. The fraction of sp³-hybridized carbons (Fsp3) is 0.647. The van der Waals surface area contributed by atoms with Crippen LogP contribution in [-0.2, 0) is 14.3 Å². The molecule has 0 unspecified atom stereocenters. The van der Waals surface area contributed by atoms with Crippen molar-refractivity contribution in [2.75, 3.05) is 6.61 Å². The van der Waals surface area contributed by atoms with Gasteiger partial charge in [0.1, 0.15) is 0 Å². The first-order valence-electron chi connectivity index (χ1n) is 8.11. The zero-order chi connectivity index (χ0) is 15.4. The minimum atomic E-state index is -3.57. The van der Waals surface area contributed by atoms with Gasteiger partial charge < -0.3 is 1.43 Å². The molecular formula is C17H29NaO3S. The molecule has 0 spiro atoms. The van der Waals surface area contributed by atoms with Gasteiger partial charge >= 0.3 is 29.6 Å². The molecule has 0 saturated carbocycles. The van der Waals surface area contributed by atoms with E-state index in [1.165, 1.54) is 44.9 Å². The first kappa shape index (κ1) is 22.1. The standard InChI is InChI=1S/C17H28O3S.Na.H/c1-2-3-4-5-6-7-8-9-13-16-20-21(18,19)17-14-11-10-12-15-17;;/h10-12,14-15H,2-9,13,16H2,1H3;;/q;+1;-1. The summed E-state index contributed by atoms with van der Waals surface area (Å²) in [6.45, 7) is 2.51. The molecule has 5 heteroatoms. The molecular weight excluding hydrogens is 307 g/mol. The Kier molecular flexibility index (Phi) is 13.6. The van der Waals surface area contributed by atoms with E-state index in [-0.39, 0.29) is 42.5 Å². The molecule has 0 amide bonds. The van der Waals surface area contributed by atoms with Crippen molar-refractivity contribution in [2.24, 2.45) is 0 Å². The fourth-order valence-electron chi connectivity index (χ4n) is 2.24. The van der Waals surface area contributed by atoms with Crippen molar-refractivity contribution in [1.29, 1.82) is 0 Å². The second kappa shape index (κ2) is 13.6. The first-order chi connectivity index (χ1) is 10.2. The summed E-state index contributed by atoms with van der Waals surface area (Å²) in [5.41, 5.74) is 0. The third-order valence-electron chi connectivity index (χ3n) is 3.52. The van der Waals surface area contributed by atoms with Gasteiger partial charge in [0.15, 0.2) is 0 Å². The van der Waals surface area contributed by atoms with Crippen molar-refractivity contribution in [2.45, 2.75) is 69.6 Å². The van der Waals surface area contributed by atoms with E-state index in [1.807, 2.05) is 0 Å². The largest absolute Gasteiger partial charge is 1.00 e. The summed E-state index contributed by atoms with van der Waals surface area (Å²) >= 11 is 0. The second-order valence-corrected chi connectivity index (χ2v) is 7.03. The van der Waals surface area contributed by atoms with Crippen LogP contribution in [0, 0.1) is 0 Å². The minimum Gasteiger partial charge on any atom is -1.00 e. The maximum atomic E-state index is 11.8. The molecule has 0 fully saturated rings. The number of rotatable bonds is 12. The van der Waals surface area contributed by atoms with E-state index in [0.717, 1.165) is 12.8 Å². The van der Waals surface area contributed by atoms with Gasteiger partial charge in [-0.2, -0.15) is 8.42 Å². The van der Waals surface area contributed by atoms with Crippen LogP contribution in [0.4, 0.5) is 0 Å². The van der Waals surface area contributed by atoms with Crippen LogP contribution >= 0.6 is 0 Å². The topological polar surface area (TPSA) is 43.4 Å². The molecule has 1 aromatic carbocycles. The number of hydrogen-bond acceptors (Lipinski definition) is 3. The van der Waals surface area contributed by atoms with Gasteiger partial charge in [-0.3, -0.25) is 4.18 Å². The quantitative estimate of drug-likeness (QED) is 0.333. The van der Waals surface area contributed by atoms with Crippen LogP contribution < -0.4 is 29.6 Å². The molecule has 1 aromatic rings. The Hall–Kier alpha value is 0.130. The van der Waals surface area contributed by atoms with Gasteiger partial charge in [0.25, 0.3) is 10.1 Å². The summed E-state index contributed by atoms with van der Waals surface area (Å²) in [7, 11) is -3.57. The van der Waals surface area contributed by atoms with Gasteiger partial charge in [-0.25, -0.2) is 0 Å². The van der Waals surface area contributed by atoms with Crippen LogP contribution in [0.5, 0.6) is 0 Å². The van der Waals surface area contributed by atoms with Gasteiger partial charge in [0.05, 0.1) is 11.5 Å². The summed E-state index contributed by atoms with van der Waals surface area (Å²) in [4.78, 5) is 0.237. The van der Waals surface area contributed by atoms with Crippen LogP contribution in [0.3, 0.4) is 0 Å². The Bertz CT molecular complexity index is 466. The molecule has 0 N–H and O–H groups in total. The third kappa shape index (κ3) is 10.0. The molecule has 0 radical (unpaired) electrons. The van der Waals surface area contributed by atoms with E-state index in [2.05, 4.69) is 6.92 Å². The molecule has 0 aromatic heterocycles. The van der Waals surface area contributed by atoms with E-state index < -0.39 is 10.1 Å². The van der Waals surface area contributed by atoms with Crippen molar-refractivity contribution in [3.63, 3.8) is 0 Å². The van der Waals surface area contributed by atoms with Gasteiger partial charge in [-0.1, -0.05) is 76.5 Å². The predicted molar refractivity (Wildman–Crippen MR) is 87.9 cm³/mol. The Balaban J connectivity index is 0. The summed E-state index contributed by atoms with van der Waals surface area (Å²) in [5.74, 6) is 0. The first-order valence-corrected chi connectivity index (χ1v) is 9.52. The number of hydrogen-bond donors (Lipinski definition) is 0. The van der Waals surface area contributed by atoms with Crippen molar-refractivity contribution < 1.29 is 43.6 Å². The zero-order valence-corrected chi connectivity index (χ0v) is 16.9. The Morgan fingerprint density at radius 2 is 1.36 bits per heavy atom. The summed E-state index contributed by atoms with van der Waals surface area (Å²) in [5, 5.41) is 0.